The predicted octanol–water partition coefficient (Wildman–Crippen LogP) is 2.85. The zero-order valence-electron chi connectivity index (χ0n) is 10.4. The molecule has 1 unspecified atom stereocenters. The molecule has 1 atom stereocenters. The normalized spacial score (nSPS) is 12.5. The minimum atomic E-state index is -0.0757. The number of ether oxygens (including phenoxy) is 1. The zero-order valence-corrected chi connectivity index (χ0v) is 12.0. The second-order valence-corrected chi connectivity index (χ2v) is 5.11. The smallest absolute Gasteiger partial charge is 0.252 e. The summed E-state index contributed by atoms with van der Waals surface area (Å²) in [5, 5.41) is 2.98. The molecule has 1 amide bonds. The number of carbonyl (C=O) groups excluding carboxylic acids is 1. The van der Waals surface area contributed by atoms with Gasteiger partial charge in [-0.1, -0.05) is 26.0 Å². The van der Waals surface area contributed by atoms with Crippen LogP contribution in [0.2, 0.25) is 0 Å². The van der Waals surface area contributed by atoms with Crippen LogP contribution in [-0.4, -0.2) is 25.7 Å². The van der Waals surface area contributed by atoms with Gasteiger partial charge in [-0.25, -0.2) is 0 Å². The molecule has 0 aliphatic carbocycles. The second-order valence-electron chi connectivity index (χ2n) is 4.26. The first kappa shape index (κ1) is 14.2. The van der Waals surface area contributed by atoms with E-state index in [1.807, 2.05) is 18.2 Å². The number of hydrogen-bond donors (Lipinski definition) is 1. The summed E-state index contributed by atoms with van der Waals surface area (Å²) >= 11 is 3.37. The first-order chi connectivity index (χ1) is 8.06. The fraction of sp³-hybridized carbons (Fsp3) is 0.462. The van der Waals surface area contributed by atoms with Crippen LogP contribution in [0.4, 0.5) is 0 Å². The zero-order chi connectivity index (χ0) is 12.8. The maximum atomic E-state index is 12.1. The lowest BCUT2D eigenvalue weighted by Crippen LogP contribution is -2.41. The van der Waals surface area contributed by atoms with Crippen molar-refractivity contribution in [2.75, 3.05) is 13.7 Å². The summed E-state index contributed by atoms with van der Waals surface area (Å²) < 4.78 is 5.91. The van der Waals surface area contributed by atoms with Gasteiger partial charge < -0.3 is 10.1 Å². The van der Waals surface area contributed by atoms with Crippen LogP contribution in [0.3, 0.4) is 0 Å². The Balaban J connectivity index is 2.74. The number of carbonyl (C=O) groups is 1. The molecule has 0 aliphatic rings. The molecular formula is C13H18BrNO2. The summed E-state index contributed by atoms with van der Waals surface area (Å²) in [7, 11) is 1.64. The van der Waals surface area contributed by atoms with Gasteiger partial charge in [-0.3, -0.25) is 4.79 Å². The first-order valence-corrected chi connectivity index (χ1v) is 6.40. The molecule has 0 radical (unpaired) electrons. The van der Waals surface area contributed by atoms with Crippen molar-refractivity contribution in [2.45, 2.75) is 19.9 Å². The fourth-order valence-electron chi connectivity index (χ4n) is 1.47. The van der Waals surface area contributed by atoms with Crippen molar-refractivity contribution < 1.29 is 9.53 Å². The standard InChI is InChI=1S/C13H18BrNO2/c1-9(2)12(8-17-3)15-13(16)10-6-4-5-7-11(10)14/h4-7,9,12H,8H2,1-3H3,(H,15,16). The van der Waals surface area contributed by atoms with Crippen molar-refractivity contribution in [3.8, 4) is 0 Å². The van der Waals surface area contributed by atoms with Crippen LogP contribution in [0, 0.1) is 5.92 Å². The van der Waals surface area contributed by atoms with Crippen molar-refractivity contribution in [1.29, 1.82) is 0 Å². The third-order valence-electron chi connectivity index (χ3n) is 2.59. The Bertz CT molecular complexity index is 379. The molecule has 1 aromatic carbocycles. The van der Waals surface area contributed by atoms with E-state index in [1.165, 1.54) is 0 Å². The van der Waals surface area contributed by atoms with Gasteiger partial charge in [0.1, 0.15) is 0 Å². The number of rotatable bonds is 5. The molecule has 0 spiro atoms. The van der Waals surface area contributed by atoms with Crippen LogP contribution in [0.5, 0.6) is 0 Å². The van der Waals surface area contributed by atoms with Crippen LogP contribution in [0.1, 0.15) is 24.2 Å². The van der Waals surface area contributed by atoms with E-state index in [4.69, 9.17) is 4.74 Å². The Morgan fingerprint density at radius 2 is 2.06 bits per heavy atom. The lowest BCUT2D eigenvalue weighted by molar-refractivity contribution is 0.0866. The van der Waals surface area contributed by atoms with E-state index < -0.39 is 0 Å². The molecule has 4 heteroatoms. The van der Waals surface area contributed by atoms with Gasteiger partial charge in [0, 0.05) is 11.6 Å². The molecule has 1 N–H and O–H groups in total. The van der Waals surface area contributed by atoms with Crippen LogP contribution < -0.4 is 5.32 Å². The molecule has 0 heterocycles. The SMILES string of the molecule is COCC(NC(=O)c1ccccc1Br)C(C)C. The quantitative estimate of drug-likeness (QED) is 0.908. The highest BCUT2D eigenvalue weighted by molar-refractivity contribution is 9.10. The van der Waals surface area contributed by atoms with Crippen molar-refractivity contribution in [3.05, 3.63) is 34.3 Å². The molecule has 0 aromatic heterocycles. The minimum Gasteiger partial charge on any atom is -0.383 e. The number of hydrogen-bond acceptors (Lipinski definition) is 2. The van der Waals surface area contributed by atoms with Gasteiger partial charge in [0.2, 0.25) is 0 Å². The number of benzene rings is 1. The van der Waals surface area contributed by atoms with E-state index >= 15 is 0 Å². The molecule has 17 heavy (non-hydrogen) atoms. The molecule has 94 valence electrons. The number of nitrogens with one attached hydrogen (secondary N) is 1. The van der Waals surface area contributed by atoms with Crippen LogP contribution >= 0.6 is 15.9 Å². The molecule has 1 rings (SSSR count). The highest BCUT2D eigenvalue weighted by Crippen LogP contribution is 2.16. The van der Waals surface area contributed by atoms with E-state index in [0.29, 0.717) is 18.1 Å². The summed E-state index contributed by atoms with van der Waals surface area (Å²) in [4.78, 5) is 12.1. The van der Waals surface area contributed by atoms with E-state index in [1.54, 1.807) is 13.2 Å². The Hall–Kier alpha value is -0.870. The third kappa shape index (κ3) is 4.13. The highest BCUT2D eigenvalue weighted by Gasteiger charge is 2.18. The van der Waals surface area contributed by atoms with Gasteiger partial charge >= 0.3 is 0 Å². The lowest BCUT2D eigenvalue weighted by atomic mass is 10.0. The van der Waals surface area contributed by atoms with Crippen molar-refractivity contribution in [2.24, 2.45) is 5.92 Å². The van der Waals surface area contributed by atoms with E-state index in [0.717, 1.165) is 4.47 Å². The topological polar surface area (TPSA) is 38.3 Å². The Morgan fingerprint density at radius 1 is 1.41 bits per heavy atom. The number of methoxy groups -OCH3 is 1. The molecule has 0 aliphatic heterocycles. The number of halogens is 1. The van der Waals surface area contributed by atoms with Gasteiger partial charge in [0.05, 0.1) is 18.2 Å². The molecule has 0 bridgehead atoms. The first-order valence-electron chi connectivity index (χ1n) is 5.60. The largest absolute Gasteiger partial charge is 0.383 e. The summed E-state index contributed by atoms with van der Waals surface area (Å²) in [5.74, 6) is 0.259. The summed E-state index contributed by atoms with van der Waals surface area (Å²) in [6, 6.07) is 7.41. The van der Waals surface area contributed by atoms with Crippen LogP contribution in [0.25, 0.3) is 0 Å². The second kappa shape index (κ2) is 6.77. The Kier molecular flexibility index (Phi) is 5.65. The summed E-state index contributed by atoms with van der Waals surface area (Å²) in [6.07, 6.45) is 0. The summed E-state index contributed by atoms with van der Waals surface area (Å²) in [6.45, 7) is 4.64. The molecule has 3 nitrogen and oxygen atoms in total. The molecule has 0 fully saturated rings. The van der Waals surface area contributed by atoms with Crippen molar-refractivity contribution >= 4 is 21.8 Å². The van der Waals surface area contributed by atoms with Gasteiger partial charge in [-0.05, 0) is 34.0 Å². The predicted molar refractivity (Wildman–Crippen MR) is 72.1 cm³/mol. The Labute approximate surface area is 111 Å². The minimum absolute atomic E-state index is 0.0274. The van der Waals surface area contributed by atoms with E-state index in [-0.39, 0.29) is 11.9 Å². The Morgan fingerprint density at radius 3 is 2.59 bits per heavy atom. The van der Waals surface area contributed by atoms with Crippen molar-refractivity contribution in [1.82, 2.24) is 5.32 Å². The average molecular weight is 300 g/mol. The van der Waals surface area contributed by atoms with E-state index in [9.17, 15) is 4.79 Å². The molecule has 0 saturated heterocycles. The third-order valence-corrected chi connectivity index (χ3v) is 3.28. The van der Waals surface area contributed by atoms with Gasteiger partial charge in [-0.2, -0.15) is 0 Å². The number of amides is 1. The van der Waals surface area contributed by atoms with Crippen LogP contribution in [-0.2, 0) is 4.74 Å². The fourth-order valence-corrected chi connectivity index (χ4v) is 1.94. The van der Waals surface area contributed by atoms with Gasteiger partial charge in [0.15, 0.2) is 0 Å². The molecule has 0 saturated carbocycles. The van der Waals surface area contributed by atoms with Gasteiger partial charge in [0.25, 0.3) is 5.91 Å². The van der Waals surface area contributed by atoms with E-state index in [2.05, 4.69) is 35.1 Å². The van der Waals surface area contributed by atoms with Crippen LogP contribution in [0.15, 0.2) is 28.7 Å². The molecular weight excluding hydrogens is 282 g/mol. The average Bonchev–Trinajstić information content (AvgIpc) is 2.28. The lowest BCUT2D eigenvalue weighted by Gasteiger charge is -2.21. The van der Waals surface area contributed by atoms with Gasteiger partial charge in [-0.15, -0.1) is 0 Å². The molecule has 1 aromatic rings. The van der Waals surface area contributed by atoms with Crippen molar-refractivity contribution in [3.63, 3.8) is 0 Å². The summed E-state index contributed by atoms with van der Waals surface area (Å²) in [5.41, 5.74) is 0.647. The monoisotopic (exact) mass is 299 g/mol. The highest BCUT2D eigenvalue weighted by atomic mass is 79.9. The maximum Gasteiger partial charge on any atom is 0.252 e. The maximum absolute atomic E-state index is 12.1.